The summed E-state index contributed by atoms with van der Waals surface area (Å²) in [5.41, 5.74) is 0.203. The smallest absolute Gasteiger partial charge is 0.326 e. The molecule has 1 heterocycles. The number of para-hydroxylation sites is 1. The van der Waals surface area contributed by atoms with Gasteiger partial charge in [0, 0.05) is 17.1 Å². The van der Waals surface area contributed by atoms with E-state index < -0.39 is 53.3 Å². The number of esters is 1. The molecule has 3 unspecified atom stereocenters. The zero-order valence-electron chi connectivity index (χ0n) is 29.1. The lowest BCUT2D eigenvalue weighted by Gasteiger charge is -2.39. The molecule has 1 saturated carbocycles. The number of carbonyl (C=O) groups excluding carboxylic acids is 3. The van der Waals surface area contributed by atoms with Gasteiger partial charge in [-0.2, -0.15) is 0 Å². The topological polar surface area (TPSA) is 153 Å². The molecule has 6 N–H and O–H groups in total. The van der Waals surface area contributed by atoms with Gasteiger partial charge >= 0.3 is 5.97 Å². The lowest BCUT2D eigenvalue weighted by Crippen LogP contribution is -2.63. The van der Waals surface area contributed by atoms with Crippen LogP contribution in [0.15, 0.2) is 30.5 Å². The molecule has 0 radical (unpaired) electrons. The van der Waals surface area contributed by atoms with Crippen molar-refractivity contribution in [2.45, 2.75) is 148 Å². The Hall–Kier alpha value is -2.95. The Labute approximate surface area is 274 Å². The molecule has 0 saturated heterocycles. The van der Waals surface area contributed by atoms with E-state index in [4.69, 9.17) is 4.74 Å². The van der Waals surface area contributed by atoms with E-state index in [2.05, 4.69) is 20.9 Å². The molecule has 6 atom stereocenters. The Morgan fingerprint density at radius 2 is 1.63 bits per heavy atom. The minimum Gasteiger partial charge on any atom is -0.459 e. The van der Waals surface area contributed by atoms with Crippen LogP contribution in [0.2, 0.25) is 0 Å². The normalized spacial score (nSPS) is 19.1. The van der Waals surface area contributed by atoms with E-state index in [1.54, 1.807) is 6.92 Å². The largest absolute Gasteiger partial charge is 0.459 e. The molecule has 0 aliphatic heterocycles. The van der Waals surface area contributed by atoms with Crippen LogP contribution in [0.5, 0.6) is 0 Å². The van der Waals surface area contributed by atoms with Crippen molar-refractivity contribution in [3.05, 3.63) is 36.0 Å². The summed E-state index contributed by atoms with van der Waals surface area (Å²) in [7, 11) is 0. The van der Waals surface area contributed by atoms with Crippen molar-refractivity contribution in [2.24, 2.45) is 11.8 Å². The number of hydrogen-bond donors (Lipinski definition) is 6. The van der Waals surface area contributed by atoms with Crippen molar-refractivity contribution in [3.63, 3.8) is 0 Å². The highest BCUT2D eigenvalue weighted by atomic mass is 16.6. The van der Waals surface area contributed by atoms with Crippen molar-refractivity contribution in [1.82, 2.24) is 20.9 Å². The minimum absolute atomic E-state index is 0.142. The predicted molar refractivity (Wildman–Crippen MR) is 181 cm³/mol. The minimum atomic E-state index is -1.23. The van der Waals surface area contributed by atoms with Gasteiger partial charge in [0.05, 0.1) is 18.2 Å². The van der Waals surface area contributed by atoms with Gasteiger partial charge in [-0.3, -0.25) is 19.7 Å². The van der Waals surface area contributed by atoms with Gasteiger partial charge in [0.2, 0.25) is 11.8 Å². The van der Waals surface area contributed by atoms with Crippen LogP contribution < -0.4 is 16.0 Å². The molecule has 46 heavy (non-hydrogen) atoms. The van der Waals surface area contributed by atoms with Crippen molar-refractivity contribution in [3.8, 4) is 0 Å². The average molecular weight is 643 g/mol. The number of aliphatic hydroxyl groups is 2. The van der Waals surface area contributed by atoms with Gasteiger partial charge in [0.15, 0.2) is 0 Å². The van der Waals surface area contributed by atoms with Crippen LogP contribution in [0.1, 0.15) is 106 Å². The number of benzene rings is 1. The summed E-state index contributed by atoms with van der Waals surface area (Å²) in [6.45, 7) is 15.0. The number of nitrogens with one attached hydrogen (secondary N) is 4. The number of aromatic amines is 1. The summed E-state index contributed by atoms with van der Waals surface area (Å²) in [5, 5.41) is 32.4. The van der Waals surface area contributed by atoms with Crippen LogP contribution in [-0.4, -0.2) is 74.5 Å². The quantitative estimate of drug-likeness (QED) is 0.156. The van der Waals surface area contributed by atoms with Gasteiger partial charge in [-0.25, -0.2) is 0 Å². The van der Waals surface area contributed by atoms with Crippen LogP contribution in [-0.2, 0) is 25.5 Å². The molecule has 1 aromatic heterocycles. The molecule has 3 rings (SSSR count). The highest BCUT2D eigenvalue weighted by Gasteiger charge is 2.44. The van der Waals surface area contributed by atoms with Crippen molar-refractivity contribution in [1.29, 1.82) is 0 Å². The Bertz CT molecular complexity index is 1290. The van der Waals surface area contributed by atoms with Gasteiger partial charge in [-0.1, -0.05) is 71.6 Å². The van der Waals surface area contributed by atoms with E-state index >= 15 is 0 Å². The predicted octanol–water partition coefficient (Wildman–Crippen LogP) is 4.52. The molecular formula is C36H58N4O6. The molecule has 2 amide bonds. The Balaban J connectivity index is 1.81. The highest BCUT2D eigenvalue weighted by molar-refractivity contribution is 5.91. The van der Waals surface area contributed by atoms with Crippen LogP contribution in [0.25, 0.3) is 10.9 Å². The summed E-state index contributed by atoms with van der Waals surface area (Å²) in [5.74, 6) is -1.28. The molecule has 0 bridgehead atoms. The Kier molecular flexibility index (Phi) is 13.2. The fourth-order valence-electron chi connectivity index (χ4n) is 6.36. The molecule has 1 fully saturated rings. The number of H-pyrrole nitrogens is 1. The van der Waals surface area contributed by atoms with Gasteiger partial charge in [-0.15, -0.1) is 0 Å². The molecule has 258 valence electrons. The van der Waals surface area contributed by atoms with E-state index in [1.165, 1.54) is 0 Å². The Morgan fingerprint density at radius 3 is 2.24 bits per heavy atom. The third-order valence-electron chi connectivity index (χ3n) is 9.14. The maximum absolute atomic E-state index is 14.0. The molecular weight excluding hydrogens is 584 g/mol. The van der Waals surface area contributed by atoms with Gasteiger partial charge in [0.25, 0.3) is 0 Å². The summed E-state index contributed by atoms with van der Waals surface area (Å²) in [6, 6.07) is 5.32. The molecule has 10 heteroatoms. The number of hydrogen-bond acceptors (Lipinski definition) is 7. The van der Waals surface area contributed by atoms with Gasteiger partial charge < -0.3 is 30.6 Å². The summed E-state index contributed by atoms with van der Waals surface area (Å²) >= 11 is 0. The number of amides is 2. The zero-order valence-corrected chi connectivity index (χ0v) is 29.1. The number of carbonyl (C=O) groups is 3. The maximum atomic E-state index is 14.0. The number of fused-ring (bicyclic) bond motifs is 1. The fraction of sp³-hybridized carbons (Fsp3) is 0.694. The van der Waals surface area contributed by atoms with Crippen LogP contribution in [0, 0.1) is 11.8 Å². The van der Waals surface area contributed by atoms with Crippen LogP contribution in [0.4, 0.5) is 0 Å². The van der Waals surface area contributed by atoms with Crippen LogP contribution >= 0.6 is 0 Å². The van der Waals surface area contributed by atoms with E-state index in [0.29, 0.717) is 25.7 Å². The van der Waals surface area contributed by atoms with E-state index in [-0.39, 0.29) is 24.2 Å². The molecule has 1 aliphatic carbocycles. The lowest BCUT2D eigenvalue weighted by molar-refractivity contribution is -0.165. The zero-order chi connectivity index (χ0) is 34.2. The van der Waals surface area contributed by atoms with Gasteiger partial charge in [0.1, 0.15) is 23.3 Å². The standard InChI is InChI=1S/C36H58N4O6/c1-9-23(4)30(39-32(43)24(5)40-36(17-13-10-14-18-36)34(45)46-35(6,7)8)33(44)38-28(31(42)29(41)19-22(2)3)20-25-21-37-27-16-12-11-15-26(25)27/h11-12,15-16,21-24,28-31,37,40-42H,9-10,13-14,17-20H2,1-8H3,(H,38,44)(H,39,43)/t23?,24?,28-,29-,30?,31+/m0/s1. The van der Waals surface area contributed by atoms with Crippen LogP contribution in [0.3, 0.4) is 0 Å². The Morgan fingerprint density at radius 1 is 0.978 bits per heavy atom. The first kappa shape index (κ1) is 37.5. The molecule has 0 spiro atoms. The first-order chi connectivity index (χ1) is 21.6. The molecule has 10 nitrogen and oxygen atoms in total. The molecule has 2 aromatic rings. The maximum Gasteiger partial charge on any atom is 0.326 e. The second-order valence-electron chi connectivity index (χ2n) is 14.7. The lowest BCUT2D eigenvalue weighted by atomic mass is 9.81. The summed E-state index contributed by atoms with van der Waals surface area (Å²) in [6.07, 6.45) is 4.71. The fourth-order valence-corrected chi connectivity index (χ4v) is 6.36. The average Bonchev–Trinajstić information content (AvgIpc) is 3.40. The molecule has 1 aromatic carbocycles. The SMILES string of the molecule is CCC(C)C(NC(=O)C(C)NC1(C(=O)OC(C)(C)C)CCCCC1)C(=O)N[C@@H](Cc1c[nH]c2ccccc12)[C@@H](O)[C@@H](O)CC(C)C. The molecule has 1 aliphatic rings. The summed E-state index contributed by atoms with van der Waals surface area (Å²) in [4.78, 5) is 44.2. The van der Waals surface area contributed by atoms with E-state index in [1.807, 2.05) is 78.9 Å². The summed E-state index contributed by atoms with van der Waals surface area (Å²) < 4.78 is 5.77. The van der Waals surface area contributed by atoms with E-state index in [0.717, 1.165) is 35.7 Å². The third kappa shape index (κ3) is 10.0. The monoisotopic (exact) mass is 642 g/mol. The van der Waals surface area contributed by atoms with Crippen molar-refractivity contribution < 1.29 is 29.3 Å². The van der Waals surface area contributed by atoms with Gasteiger partial charge in [-0.05, 0) is 76.8 Å². The third-order valence-corrected chi connectivity index (χ3v) is 9.14. The second-order valence-corrected chi connectivity index (χ2v) is 14.7. The van der Waals surface area contributed by atoms with Crippen molar-refractivity contribution in [2.75, 3.05) is 0 Å². The first-order valence-electron chi connectivity index (χ1n) is 17.1. The first-order valence-corrected chi connectivity index (χ1v) is 17.1. The number of rotatable bonds is 15. The highest BCUT2D eigenvalue weighted by Crippen LogP contribution is 2.31. The van der Waals surface area contributed by atoms with Crippen molar-refractivity contribution >= 4 is 28.7 Å². The van der Waals surface area contributed by atoms with E-state index in [9.17, 15) is 24.6 Å². The number of aliphatic hydroxyl groups excluding tert-OH is 2. The number of ether oxygens (including phenoxy) is 1. The second kappa shape index (κ2) is 16.2. The number of aromatic nitrogens is 1.